The molecule has 7 heteroatoms. The zero-order valence-electron chi connectivity index (χ0n) is 17.6. The number of pyridine rings is 2. The highest BCUT2D eigenvalue weighted by molar-refractivity contribution is 6.05. The standard InChI is InChI=1S/C24H27N5O2/c30-23-17(14-27-8-1-2-9-27)5-6-21-18-10-16(13-29(21)23)12-28(15-18)24(31)19-11-26-20-4-3-7-25-22(19)20/h3-7,11,16,18,26H,1-2,8-10,12-15H2/t16-,18+/m0/s1. The Morgan fingerprint density at radius 3 is 2.87 bits per heavy atom. The number of carbonyl (C=O) groups is 1. The van der Waals surface area contributed by atoms with Crippen LogP contribution in [0.5, 0.6) is 0 Å². The topological polar surface area (TPSA) is 74.2 Å². The fourth-order valence-corrected chi connectivity index (χ4v) is 5.75. The van der Waals surface area contributed by atoms with E-state index in [-0.39, 0.29) is 17.4 Å². The molecule has 0 unspecified atom stereocenters. The highest BCUT2D eigenvalue weighted by atomic mass is 16.2. The van der Waals surface area contributed by atoms with Crippen LogP contribution in [0.1, 0.15) is 46.8 Å². The number of nitrogens with one attached hydrogen (secondary N) is 1. The molecule has 3 aromatic rings. The Balaban J connectivity index is 1.27. The van der Waals surface area contributed by atoms with Gasteiger partial charge in [-0.2, -0.15) is 0 Å². The van der Waals surface area contributed by atoms with E-state index >= 15 is 0 Å². The molecule has 0 aromatic carbocycles. The first kappa shape index (κ1) is 18.8. The Morgan fingerprint density at radius 1 is 1.13 bits per heavy atom. The molecule has 160 valence electrons. The molecule has 2 saturated heterocycles. The molecule has 2 bridgehead atoms. The molecule has 3 aromatic heterocycles. The average molecular weight is 418 g/mol. The summed E-state index contributed by atoms with van der Waals surface area (Å²) >= 11 is 0. The highest BCUT2D eigenvalue weighted by Gasteiger charge is 2.37. The first-order valence-corrected chi connectivity index (χ1v) is 11.3. The van der Waals surface area contributed by atoms with Crippen LogP contribution in [0.4, 0.5) is 0 Å². The van der Waals surface area contributed by atoms with Crippen molar-refractivity contribution in [3.8, 4) is 0 Å². The van der Waals surface area contributed by atoms with Gasteiger partial charge < -0.3 is 14.5 Å². The van der Waals surface area contributed by atoms with E-state index in [4.69, 9.17) is 0 Å². The average Bonchev–Trinajstić information content (AvgIpc) is 3.45. The predicted molar refractivity (Wildman–Crippen MR) is 118 cm³/mol. The molecule has 0 aliphatic carbocycles. The maximum Gasteiger partial charge on any atom is 0.257 e. The van der Waals surface area contributed by atoms with E-state index in [1.807, 2.05) is 27.7 Å². The van der Waals surface area contributed by atoms with Crippen LogP contribution in [-0.4, -0.2) is 56.4 Å². The normalized spacial score (nSPS) is 23.3. The van der Waals surface area contributed by atoms with Crippen molar-refractivity contribution in [2.24, 2.45) is 5.92 Å². The number of piperidine rings is 1. The van der Waals surface area contributed by atoms with Gasteiger partial charge in [0.1, 0.15) is 5.52 Å². The number of H-pyrrole nitrogens is 1. The van der Waals surface area contributed by atoms with E-state index in [9.17, 15) is 9.59 Å². The lowest BCUT2D eigenvalue weighted by Gasteiger charge is -2.43. The molecule has 7 nitrogen and oxygen atoms in total. The van der Waals surface area contributed by atoms with E-state index in [1.54, 1.807) is 12.4 Å². The molecule has 3 aliphatic rings. The third kappa shape index (κ3) is 3.19. The van der Waals surface area contributed by atoms with Gasteiger partial charge in [0.25, 0.3) is 11.5 Å². The zero-order valence-corrected chi connectivity index (χ0v) is 17.6. The molecular formula is C24H27N5O2. The number of carbonyl (C=O) groups excluding carboxylic acids is 1. The summed E-state index contributed by atoms with van der Waals surface area (Å²) in [7, 11) is 0. The number of nitrogens with zero attached hydrogens (tertiary/aromatic N) is 4. The largest absolute Gasteiger partial charge is 0.359 e. The van der Waals surface area contributed by atoms with Gasteiger partial charge in [0.2, 0.25) is 0 Å². The van der Waals surface area contributed by atoms with Crippen LogP contribution in [0.25, 0.3) is 11.0 Å². The summed E-state index contributed by atoms with van der Waals surface area (Å²) in [5, 5.41) is 0. The van der Waals surface area contributed by atoms with Crippen molar-refractivity contribution in [3.05, 3.63) is 63.8 Å². The molecule has 0 saturated carbocycles. The third-order valence-corrected chi connectivity index (χ3v) is 7.23. The summed E-state index contributed by atoms with van der Waals surface area (Å²) in [4.78, 5) is 38.4. The van der Waals surface area contributed by atoms with Gasteiger partial charge in [0.15, 0.2) is 0 Å². The van der Waals surface area contributed by atoms with Crippen molar-refractivity contribution >= 4 is 16.9 Å². The van der Waals surface area contributed by atoms with E-state index in [0.717, 1.165) is 48.3 Å². The van der Waals surface area contributed by atoms with Crippen LogP contribution in [0.2, 0.25) is 0 Å². The lowest BCUT2D eigenvalue weighted by atomic mass is 9.82. The predicted octanol–water partition coefficient (Wildman–Crippen LogP) is 2.58. The number of amides is 1. The lowest BCUT2D eigenvalue weighted by molar-refractivity contribution is 0.0596. The second-order valence-corrected chi connectivity index (χ2v) is 9.29. The van der Waals surface area contributed by atoms with Gasteiger partial charge >= 0.3 is 0 Å². The van der Waals surface area contributed by atoms with Gasteiger partial charge in [-0.3, -0.25) is 19.5 Å². The van der Waals surface area contributed by atoms with Crippen LogP contribution < -0.4 is 5.56 Å². The Morgan fingerprint density at radius 2 is 2.00 bits per heavy atom. The third-order valence-electron chi connectivity index (χ3n) is 7.23. The fraction of sp³-hybridized carbons (Fsp3) is 0.458. The van der Waals surface area contributed by atoms with Crippen LogP contribution in [0.15, 0.2) is 41.5 Å². The van der Waals surface area contributed by atoms with E-state index in [1.165, 1.54) is 12.8 Å². The molecule has 31 heavy (non-hydrogen) atoms. The molecule has 6 heterocycles. The first-order valence-electron chi connectivity index (χ1n) is 11.3. The number of rotatable bonds is 3. The second-order valence-electron chi connectivity index (χ2n) is 9.29. The van der Waals surface area contributed by atoms with E-state index in [0.29, 0.717) is 31.1 Å². The Kier molecular flexibility index (Phi) is 4.45. The maximum absolute atomic E-state index is 13.3. The molecule has 6 rings (SSSR count). The van der Waals surface area contributed by atoms with Crippen LogP contribution in [0, 0.1) is 5.92 Å². The van der Waals surface area contributed by atoms with Crippen LogP contribution in [0.3, 0.4) is 0 Å². The minimum absolute atomic E-state index is 0.0288. The highest BCUT2D eigenvalue weighted by Crippen LogP contribution is 2.36. The Hall–Kier alpha value is -2.93. The van der Waals surface area contributed by atoms with Crippen molar-refractivity contribution in [1.29, 1.82) is 0 Å². The number of fused-ring (bicyclic) bond motifs is 5. The molecule has 0 radical (unpaired) electrons. The number of hydrogen-bond acceptors (Lipinski definition) is 4. The fourth-order valence-electron chi connectivity index (χ4n) is 5.75. The van der Waals surface area contributed by atoms with Gasteiger partial charge in [0.05, 0.1) is 11.1 Å². The van der Waals surface area contributed by atoms with E-state index in [2.05, 4.69) is 20.9 Å². The molecular weight excluding hydrogens is 390 g/mol. The molecule has 1 amide bonds. The van der Waals surface area contributed by atoms with Crippen molar-refractivity contribution in [3.63, 3.8) is 0 Å². The number of likely N-dealkylation sites (tertiary alicyclic amines) is 2. The van der Waals surface area contributed by atoms with Gasteiger partial charge in [0, 0.05) is 55.7 Å². The molecule has 3 aliphatic heterocycles. The monoisotopic (exact) mass is 417 g/mol. The van der Waals surface area contributed by atoms with Crippen molar-refractivity contribution < 1.29 is 4.79 Å². The maximum atomic E-state index is 13.3. The molecule has 1 N–H and O–H groups in total. The summed E-state index contributed by atoms with van der Waals surface area (Å²) in [5.41, 5.74) is 4.40. The van der Waals surface area contributed by atoms with Crippen LogP contribution >= 0.6 is 0 Å². The number of aromatic amines is 1. The minimum Gasteiger partial charge on any atom is -0.359 e. The first-order chi connectivity index (χ1) is 15.2. The van der Waals surface area contributed by atoms with Crippen molar-refractivity contribution in [2.45, 2.75) is 38.3 Å². The van der Waals surface area contributed by atoms with Crippen molar-refractivity contribution in [1.82, 2.24) is 24.3 Å². The molecule has 2 atom stereocenters. The SMILES string of the molecule is O=C(c1c[nH]c2cccnc12)N1C[C@@H]2C[C@H](C1)c1ccc(CN3CCCC3)c(=O)n1C2. The van der Waals surface area contributed by atoms with Gasteiger partial charge in [-0.05, 0) is 56.5 Å². The van der Waals surface area contributed by atoms with Gasteiger partial charge in [-0.1, -0.05) is 6.07 Å². The summed E-state index contributed by atoms with van der Waals surface area (Å²) < 4.78 is 2.00. The van der Waals surface area contributed by atoms with Crippen molar-refractivity contribution in [2.75, 3.05) is 26.2 Å². The van der Waals surface area contributed by atoms with Gasteiger partial charge in [-0.15, -0.1) is 0 Å². The van der Waals surface area contributed by atoms with Gasteiger partial charge in [-0.25, -0.2) is 0 Å². The zero-order chi connectivity index (χ0) is 20.9. The Labute approximate surface area is 180 Å². The quantitative estimate of drug-likeness (QED) is 0.711. The number of hydrogen-bond donors (Lipinski definition) is 1. The summed E-state index contributed by atoms with van der Waals surface area (Å²) in [6.45, 7) is 4.98. The lowest BCUT2D eigenvalue weighted by Crippen LogP contribution is -2.49. The summed E-state index contributed by atoms with van der Waals surface area (Å²) in [5.74, 6) is 0.553. The minimum atomic E-state index is 0.0288. The number of aromatic nitrogens is 3. The van der Waals surface area contributed by atoms with E-state index < -0.39 is 0 Å². The second kappa shape index (κ2) is 7.34. The summed E-state index contributed by atoms with van der Waals surface area (Å²) in [6, 6.07) is 7.96. The summed E-state index contributed by atoms with van der Waals surface area (Å²) in [6.07, 6.45) is 6.99. The smallest absolute Gasteiger partial charge is 0.257 e. The molecule has 0 spiro atoms. The Bertz CT molecular complexity index is 1210. The molecule has 2 fully saturated rings. The van der Waals surface area contributed by atoms with Crippen LogP contribution in [-0.2, 0) is 13.1 Å².